The first-order chi connectivity index (χ1) is 14.1. The highest BCUT2D eigenvalue weighted by Crippen LogP contribution is 2.32. The van der Waals surface area contributed by atoms with E-state index in [0.29, 0.717) is 30.4 Å². The number of hydrogen-bond donors (Lipinski definition) is 0. The predicted octanol–water partition coefficient (Wildman–Crippen LogP) is 5.37. The fourth-order valence-corrected chi connectivity index (χ4v) is 3.23. The topological polar surface area (TPSA) is 69.7 Å². The number of alkyl halides is 3. The van der Waals surface area contributed by atoms with Crippen LogP contribution in [0.5, 0.6) is 5.75 Å². The van der Waals surface area contributed by atoms with Gasteiger partial charge < -0.3 is 14.0 Å². The lowest BCUT2D eigenvalue weighted by Gasteiger charge is -2.13. The van der Waals surface area contributed by atoms with E-state index < -0.39 is 12.1 Å². The molecule has 0 bridgehead atoms. The zero-order valence-electron chi connectivity index (χ0n) is 17.5. The Morgan fingerprint density at radius 2 is 1.87 bits per heavy atom. The Kier molecular flexibility index (Phi) is 6.67. The second-order valence-electron chi connectivity index (χ2n) is 7.81. The number of nitrogens with zero attached hydrogens (tertiary/aromatic N) is 3. The number of benzene rings is 1. The molecule has 2 aromatic rings. The quantitative estimate of drug-likeness (QED) is 0.532. The molecular formula is C21H26F3N3O3. The molecule has 1 atom stereocenters. The number of aromatic nitrogens is 2. The molecule has 1 aliphatic heterocycles. The van der Waals surface area contributed by atoms with Crippen molar-refractivity contribution in [3.8, 4) is 17.1 Å². The minimum Gasteiger partial charge on any atom is -0.493 e. The maximum Gasteiger partial charge on any atom is 0.471 e. The number of rotatable bonds is 8. The van der Waals surface area contributed by atoms with Crippen molar-refractivity contribution in [3.05, 3.63) is 29.2 Å². The average molecular weight is 425 g/mol. The Hall–Kier alpha value is -2.58. The molecule has 1 aromatic carbocycles. The van der Waals surface area contributed by atoms with Crippen molar-refractivity contribution >= 4 is 5.90 Å². The standard InChI is InChI=1S/C21H26F3N3O3/c1-12(2)16-11-29-17(25-16)7-5-6-8-28-18-13(3)9-15(10-14(18)4)19-26-20(30-27-19)21(22,23)24/h9-10,12,16H,5-8,11H2,1-4H3. The van der Waals surface area contributed by atoms with Crippen LogP contribution in [-0.2, 0) is 10.9 Å². The van der Waals surface area contributed by atoms with Gasteiger partial charge in [0, 0.05) is 12.0 Å². The van der Waals surface area contributed by atoms with Crippen LogP contribution in [0.4, 0.5) is 13.2 Å². The fourth-order valence-electron chi connectivity index (χ4n) is 3.23. The summed E-state index contributed by atoms with van der Waals surface area (Å²) in [5.74, 6) is 0.560. The van der Waals surface area contributed by atoms with Gasteiger partial charge >= 0.3 is 12.1 Å². The molecule has 30 heavy (non-hydrogen) atoms. The summed E-state index contributed by atoms with van der Waals surface area (Å²) in [6, 6.07) is 3.65. The Morgan fingerprint density at radius 1 is 1.17 bits per heavy atom. The van der Waals surface area contributed by atoms with Crippen LogP contribution < -0.4 is 4.74 Å². The van der Waals surface area contributed by atoms with Crippen LogP contribution >= 0.6 is 0 Å². The summed E-state index contributed by atoms with van der Waals surface area (Å²) in [7, 11) is 0. The van der Waals surface area contributed by atoms with Crippen LogP contribution in [0.3, 0.4) is 0 Å². The summed E-state index contributed by atoms with van der Waals surface area (Å²) in [4.78, 5) is 8.03. The van der Waals surface area contributed by atoms with E-state index >= 15 is 0 Å². The van der Waals surface area contributed by atoms with E-state index in [4.69, 9.17) is 9.47 Å². The SMILES string of the molecule is Cc1cc(-c2noc(C(F)(F)F)n2)cc(C)c1OCCCCC1=NC(C(C)C)CO1. The predicted molar refractivity (Wildman–Crippen MR) is 106 cm³/mol. The molecule has 2 heterocycles. The van der Waals surface area contributed by atoms with Crippen molar-refractivity contribution in [1.29, 1.82) is 0 Å². The Balaban J connectivity index is 1.54. The van der Waals surface area contributed by atoms with E-state index in [0.717, 1.165) is 36.3 Å². The zero-order chi connectivity index (χ0) is 21.9. The van der Waals surface area contributed by atoms with Gasteiger partial charge in [0.15, 0.2) is 5.90 Å². The summed E-state index contributed by atoms with van der Waals surface area (Å²) in [6.45, 7) is 9.14. The molecule has 0 aliphatic carbocycles. The molecule has 1 aliphatic rings. The minimum absolute atomic E-state index is 0.0999. The Labute approximate surface area is 173 Å². The van der Waals surface area contributed by atoms with E-state index in [9.17, 15) is 13.2 Å². The van der Waals surface area contributed by atoms with Gasteiger partial charge in [-0.1, -0.05) is 19.0 Å². The molecule has 0 radical (unpaired) electrons. The number of halogens is 3. The van der Waals surface area contributed by atoms with Crippen LogP contribution in [0.2, 0.25) is 0 Å². The lowest BCUT2D eigenvalue weighted by Crippen LogP contribution is -2.13. The number of hydrogen-bond acceptors (Lipinski definition) is 6. The molecule has 164 valence electrons. The van der Waals surface area contributed by atoms with Gasteiger partial charge in [-0.2, -0.15) is 18.2 Å². The molecule has 0 saturated heterocycles. The summed E-state index contributed by atoms with van der Waals surface area (Å²) in [5, 5.41) is 3.44. The van der Waals surface area contributed by atoms with Crippen molar-refractivity contribution in [2.75, 3.05) is 13.2 Å². The summed E-state index contributed by atoms with van der Waals surface area (Å²) < 4.78 is 53.8. The molecule has 9 heteroatoms. The number of aliphatic imine (C=N–C) groups is 1. The first-order valence-electron chi connectivity index (χ1n) is 10.00. The highest BCUT2D eigenvalue weighted by molar-refractivity contribution is 5.77. The summed E-state index contributed by atoms with van der Waals surface area (Å²) in [5.41, 5.74) is 2.05. The van der Waals surface area contributed by atoms with E-state index in [1.54, 1.807) is 12.1 Å². The van der Waals surface area contributed by atoms with Crippen molar-refractivity contribution in [2.45, 2.75) is 59.2 Å². The van der Waals surface area contributed by atoms with Crippen molar-refractivity contribution in [2.24, 2.45) is 10.9 Å². The van der Waals surface area contributed by atoms with Crippen molar-refractivity contribution in [1.82, 2.24) is 10.1 Å². The van der Waals surface area contributed by atoms with E-state index in [1.807, 2.05) is 13.8 Å². The third-order valence-electron chi connectivity index (χ3n) is 4.92. The molecule has 0 fully saturated rings. The van der Waals surface area contributed by atoms with Crippen LogP contribution in [0.25, 0.3) is 11.4 Å². The highest BCUT2D eigenvalue weighted by Gasteiger charge is 2.38. The average Bonchev–Trinajstić information content (AvgIpc) is 3.32. The second kappa shape index (κ2) is 9.06. The van der Waals surface area contributed by atoms with Crippen LogP contribution in [0.1, 0.15) is 50.1 Å². The number of ether oxygens (including phenoxy) is 2. The van der Waals surface area contributed by atoms with E-state index in [-0.39, 0.29) is 11.9 Å². The van der Waals surface area contributed by atoms with Gasteiger partial charge in [0.1, 0.15) is 12.4 Å². The lowest BCUT2D eigenvalue weighted by atomic mass is 10.1. The normalized spacial score (nSPS) is 16.7. The largest absolute Gasteiger partial charge is 0.493 e. The zero-order valence-corrected chi connectivity index (χ0v) is 17.5. The summed E-state index contributed by atoms with van der Waals surface area (Å²) in [6.07, 6.45) is -2.12. The molecular weight excluding hydrogens is 399 g/mol. The second-order valence-corrected chi connectivity index (χ2v) is 7.81. The molecule has 6 nitrogen and oxygen atoms in total. The van der Waals surface area contributed by atoms with Gasteiger partial charge in [-0.15, -0.1) is 0 Å². The number of unbranched alkanes of at least 4 members (excludes halogenated alkanes) is 1. The first-order valence-corrected chi connectivity index (χ1v) is 10.00. The minimum atomic E-state index is -4.66. The maximum atomic E-state index is 12.7. The van der Waals surface area contributed by atoms with Gasteiger partial charge in [0.2, 0.25) is 5.82 Å². The first kappa shape index (κ1) is 22.1. The Morgan fingerprint density at radius 3 is 2.43 bits per heavy atom. The molecule has 3 rings (SSSR count). The van der Waals surface area contributed by atoms with Crippen molar-refractivity contribution < 1.29 is 27.2 Å². The van der Waals surface area contributed by atoms with Crippen LogP contribution in [0.15, 0.2) is 21.6 Å². The van der Waals surface area contributed by atoms with Crippen molar-refractivity contribution in [3.63, 3.8) is 0 Å². The Bertz CT molecular complexity index is 883. The third kappa shape index (κ3) is 5.31. The molecule has 0 saturated carbocycles. The van der Waals surface area contributed by atoms with E-state index in [1.165, 1.54) is 0 Å². The smallest absolute Gasteiger partial charge is 0.471 e. The van der Waals surface area contributed by atoms with Gasteiger partial charge in [0.05, 0.1) is 12.6 Å². The third-order valence-corrected chi connectivity index (χ3v) is 4.92. The molecule has 0 N–H and O–H groups in total. The monoisotopic (exact) mass is 425 g/mol. The lowest BCUT2D eigenvalue weighted by molar-refractivity contribution is -0.159. The summed E-state index contributed by atoms with van der Waals surface area (Å²) >= 11 is 0. The maximum absolute atomic E-state index is 12.7. The van der Waals surface area contributed by atoms with Gasteiger partial charge in [0.25, 0.3) is 0 Å². The highest BCUT2D eigenvalue weighted by atomic mass is 19.4. The van der Waals surface area contributed by atoms with Crippen LogP contribution in [-0.4, -0.2) is 35.3 Å². The molecule has 1 aromatic heterocycles. The van der Waals surface area contributed by atoms with E-state index in [2.05, 4.69) is 33.5 Å². The number of aryl methyl sites for hydroxylation is 2. The fraction of sp³-hybridized carbons (Fsp3) is 0.571. The van der Waals surface area contributed by atoms with Gasteiger partial charge in [-0.3, -0.25) is 0 Å². The molecule has 1 unspecified atom stereocenters. The molecule has 0 amide bonds. The van der Waals surface area contributed by atoms with Gasteiger partial charge in [-0.25, -0.2) is 4.99 Å². The molecule has 0 spiro atoms. The van der Waals surface area contributed by atoms with Gasteiger partial charge in [-0.05, 0) is 55.9 Å². The van der Waals surface area contributed by atoms with Crippen LogP contribution in [0, 0.1) is 19.8 Å².